The average molecular weight is 206 g/mol. The van der Waals surface area contributed by atoms with Crippen LogP contribution in [0, 0.1) is 5.92 Å². The van der Waals surface area contributed by atoms with Gasteiger partial charge in [0.05, 0.1) is 0 Å². The summed E-state index contributed by atoms with van der Waals surface area (Å²) >= 11 is 8.84. The molecule has 0 aromatic carbocycles. The van der Waals surface area contributed by atoms with Crippen molar-refractivity contribution in [2.24, 2.45) is 5.92 Å². The average Bonchev–Trinajstić information content (AvgIpc) is 2.04. The first-order chi connectivity index (χ1) is 5.33. The molecule has 3 heteroatoms. The number of unbranched alkanes of at least 4 members (excludes halogenated alkanes) is 1. The molecule has 0 spiro atoms. The maximum Gasteiger partial charge on any atom is 0.104 e. The maximum absolute atomic E-state index is 5.10. The van der Waals surface area contributed by atoms with E-state index in [1.165, 1.54) is 30.8 Å². The third-order valence-electron chi connectivity index (χ3n) is 1.84. The van der Waals surface area contributed by atoms with Crippen LogP contribution in [-0.4, -0.2) is 15.0 Å². The van der Waals surface area contributed by atoms with E-state index in [1.54, 1.807) is 0 Å². The summed E-state index contributed by atoms with van der Waals surface area (Å²) in [5.41, 5.74) is 0. The van der Waals surface area contributed by atoms with Gasteiger partial charge >= 0.3 is 0 Å². The van der Waals surface area contributed by atoms with Gasteiger partial charge in [-0.25, -0.2) is 0 Å². The van der Waals surface area contributed by atoms with Gasteiger partial charge in [-0.15, -0.1) is 23.5 Å². The summed E-state index contributed by atoms with van der Waals surface area (Å²) in [5.74, 6) is 3.47. The summed E-state index contributed by atoms with van der Waals surface area (Å²) in [6, 6.07) is 0. The minimum absolute atomic E-state index is 0.927. The second kappa shape index (κ2) is 5.44. The van der Waals surface area contributed by atoms with Crippen LogP contribution in [0.1, 0.15) is 26.2 Å². The van der Waals surface area contributed by atoms with Crippen molar-refractivity contribution in [3.63, 3.8) is 0 Å². The molecular weight excluding hydrogens is 192 g/mol. The Balaban J connectivity index is 2.12. The van der Waals surface area contributed by atoms with Gasteiger partial charge in [0.15, 0.2) is 0 Å². The summed E-state index contributed by atoms with van der Waals surface area (Å²) in [7, 11) is 0. The summed E-state index contributed by atoms with van der Waals surface area (Å²) < 4.78 is 1.15. The van der Waals surface area contributed by atoms with E-state index in [9.17, 15) is 0 Å². The molecule has 1 saturated heterocycles. The van der Waals surface area contributed by atoms with Crippen molar-refractivity contribution in [3.8, 4) is 0 Å². The highest BCUT2D eigenvalue weighted by molar-refractivity contribution is 8.47. The van der Waals surface area contributed by atoms with Crippen LogP contribution in [0.4, 0.5) is 0 Å². The lowest BCUT2D eigenvalue weighted by molar-refractivity contribution is 0.566. The first kappa shape index (κ1) is 9.87. The lowest BCUT2D eigenvalue weighted by atomic mass is 10.1. The first-order valence-electron chi connectivity index (χ1n) is 4.12. The number of thioether (sulfide) groups is 2. The van der Waals surface area contributed by atoms with E-state index in [-0.39, 0.29) is 0 Å². The van der Waals surface area contributed by atoms with Crippen molar-refractivity contribution >= 4 is 39.3 Å². The Morgan fingerprint density at radius 1 is 1.45 bits per heavy atom. The molecule has 0 bridgehead atoms. The minimum Gasteiger partial charge on any atom is -0.107 e. The molecule has 0 amide bonds. The van der Waals surface area contributed by atoms with E-state index in [0.29, 0.717) is 0 Å². The molecular formula is C8H14S3. The van der Waals surface area contributed by atoms with Crippen LogP contribution in [0.15, 0.2) is 0 Å². The van der Waals surface area contributed by atoms with E-state index in [1.807, 2.05) is 23.5 Å². The molecule has 0 aromatic heterocycles. The van der Waals surface area contributed by atoms with Crippen molar-refractivity contribution in [2.75, 3.05) is 11.5 Å². The van der Waals surface area contributed by atoms with Gasteiger partial charge in [0.1, 0.15) is 3.53 Å². The van der Waals surface area contributed by atoms with Gasteiger partial charge in [0.2, 0.25) is 0 Å². The van der Waals surface area contributed by atoms with Crippen LogP contribution in [0.2, 0.25) is 0 Å². The molecule has 0 unspecified atom stereocenters. The van der Waals surface area contributed by atoms with E-state index < -0.39 is 0 Å². The van der Waals surface area contributed by atoms with Gasteiger partial charge in [-0.2, -0.15) is 0 Å². The number of hydrogen-bond acceptors (Lipinski definition) is 3. The molecule has 1 fully saturated rings. The number of rotatable bonds is 3. The molecule has 0 aliphatic carbocycles. The largest absolute Gasteiger partial charge is 0.107 e. The van der Waals surface area contributed by atoms with Crippen molar-refractivity contribution in [1.29, 1.82) is 0 Å². The SMILES string of the molecule is CCCCC1CSC(=S)SC1. The van der Waals surface area contributed by atoms with Crippen molar-refractivity contribution < 1.29 is 0 Å². The molecule has 1 heterocycles. The molecule has 0 radical (unpaired) electrons. The second-order valence-electron chi connectivity index (χ2n) is 2.88. The zero-order valence-electron chi connectivity index (χ0n) is 6.84. The Hall–Kier alpha value is 0.790. The van der Waals surface area contributed by atoms with Crippen LogP contribution in [-0.2, 0) is 0 Å². The number of thiocarbonyl (C=S) groups is 1. The molecule has 1 aliphatic rings. The fraction of sp³-hybridized carbons (Fsp3) is 0.875. The van der Waals surface area contributed by atoms with Gasteiger partial charge in [0, 0.05) is 11.5 Å². The van der Waals surface area contributed by atoms with E-state index >= 15 is 0 Å². The van der Waals surface area contributed by atoms with Gasteiger partial charge in [-0.3, -0.25) is 0 Å². The fourth-order valence-corrected chi connectivity index (χ4v) is 3.73. The highest BCUT2D eigenvalue weighted by Crippen LogP contribution is 2.31. The lowest BCUT2D eigenvalue weighted by Gasteiger charge is -2.20. The number of hydrogen-bond donors (Lipinski definition) is 0. The van der Waals surface area contributed by atoms with Crippen LogP contribution < -0.4 is 0 Å². The third kappa shape index (κ3) is 3.81. The Kier molecular flexibility index (Phi) is 4.88. The van der Waals surface area contributed by atoms with E-state index in [4.69, 9.17) is 12.2 Å². The molecule has 0 N–H and O–H groups in total. The van der Waals surface area contributed by atoms with Crippen molar-refractivity contribution in [1.82, 2.24) is 0 Å². The first-order valence-corrected chi connectivity index (χ1v) is 6.50. The summed E-state index contributed by atoms with van der Waals surface area (Å²) in [6.45, 7) is 2.26. The molecule has 0 nitrogen and oxygen atoms in total. The van der Waals surface area contributed by atoms with Crippen molar-refractivity contribution in [3.05, 3.63) is 0 Å². The maximum atomic E-state index is 5.10. The van der Waals surface area contributed by atoms with Gasteiger partial charge in [-0.1, -0.05) is 32.0 Å². The zero-order chi connectivity index (χ0) is 8.10. The van der Waals surface area contributed by atoms with Crippen LogP contribution in [0.5, 0.6) is 0 Å². The summed E-state index contributed by atoms with van der Waals surface area (Å²) in [6.07, 6.45) is 4.12. The van der Waals surface area contributed by atoms with Crippen LogP contribution >= 0.6 is 35.7 Å². The summed E-state index contributed by atoms with van der Waals surface area (Å²) in [4.78, 5) is 0. The molecule has 0 aromatic rings. The molecule has 1 aliphatic heterocycles. The predicted octanol–water partition coefficient (Wildman–Crippen LogP) is 3.56. The fourth-order valence-electron chi connectivity index (χ4n) is 1.12. The Labute approximate surface area is 82.9 Å². The standard InChI is InChI=1S/C8H14S3/c1-2-3-4-7-5-10-8(9)11-6-7/h7H,2-6H2,1H3. The zero-order valence-corrected chi connectivity index (χ0v) is 9.29. The highest BCUT2D eigenvalue weighted by Gasteiger charge is 2.16. The van der Waals surface area contributed by atoms with Crippen LogP contribution in [0.25, 0.3) is 0 Å². The van der Waals surface area contributed by atoms with Gasteiger partial charge in [-0.05, 0) is 12.3 Å². The van der Waals surface area contributed by atoms with Gasteiger partial charge < -0.3 is 0 Å². The van der Waals surface area contributed by atoms with Crippen LogP contribution in [0.3, 0.4) is 0 Å². The lowest BCUT2D eigenvalue weighted by Crippen LogP contribution is -2.13. The van der Waals surface area contributed by atoms with Gasteiger partial charge in [0.25, 0.3) is 0 Å². The molecule has 0 atom stereocenters. The Morgan fingerprint density at radius 2 is 2.09 bits per heavy atom. The second-order valence-corrected chi connectivity index (χ2v) is 6.12. The summed E-state index contributed by atoms with van der Waals surface area (Å²) in [5, 5.41) is 0. The normalized spacial score (nSPS) is 20.6. The Morgan fingerprint density at radius 3 is 2.64 bits per heavy atom. The molecule has 11 heavy (non-hydrogen) atoms. The van der Waals surface area contributed by atoms with Crippen molar-refractivity contribution in [2.45, 2.75) is 26.2 Å². The molecule has 64 valence electrons. The predicted molar refractivity (Wildman–Crippen MR) is 60.5 cm³/mol. The van der Waals surface area contributed by atoms with E-state index in [2.05, 4.69) is 6.92 Å². The van der Waals surface area contributed by atoms with E-state index in [0.717, 1.165) is 9.45 Å². The quantitative estimate of drug-likeness (QED) is 0.648. The minimum atomic E-state index is 0.927. The Bertz CT molecular complexity index is 123. The highest BCUT2D eigenvalue weighted by atomic mass is 32.2. The smallest absolute Gasteiger partial charge is 0.104 e. The molecule has 0 saturated carbocycles. The third-order valence-corrected chi connectivity index (χ3v) is 5.00. The topological polar surface area (TPSA) is 0 Å². The molecule has 1 rings (SSSR count). The monoisotopic (exact) mass is 206 g/mol.